The quantitative estimate of drug-likeness (QED) is 0.844. The van der Waals surface area contributed by atoms with Gasteiger partial charge in [0.05, 0.1) is 17.2 Å². The van der Waals surface area contributed by atoms with Crippen molar-refractivity contribution >= 4 is 11.9 Å². The molecule has 1 saturated carbocycles. The Kier molecular flexibility index (Phi) is 5.04. The fourth-order valence-corrected chi connectivity index (χ4v) is 3.55. The van der Waals surface area contributed by atoms with Gasteiger partial charge in [0, 0.05) is 18.6 Å². The second-order valence-corrected chi connectivity index (χ2v) is 5.93. The van der Waals surface area contributed by atoms with E-state index in [4.69, 9.17) is 9.84 Å². The molecule has 6 heteroatoms. The topological polar surface area (TPSA) is 75.6 Å². The molecule has 0 saturated heterocycles. The number of hydrogen-bond donors (Lipinski definition) is 2. The highest BCUT2D eigenvalue weighted by atomic mass is 19.1. The van der Waals surface area contributed by atoms with Crippen LogP contribution in [0.15, 0.2) is 18.2 Å². The monoisotopic (exact) mass is 323 g/mol. The SMILES string of the molecule is CCC1(CC)C(NC(=O)c2ccc(C(=O)O)cc2F)CC1OC. The maximum atomic E-state index is 14.0. The summed E-state index contributed by atoms with van der Waals surface area (Å²) in [6.45, 7) is 4.10. The number of carbonyl (C=O) groups is 2. The van der Waals surface area contributed by atoms with Crippen molar-refractivity contribution < 1.29 is 23.8 Å². The molecule has 5 nitrogen and oxygen atoms in total. The molecule has 126 valence electrons. The molecule has 1 aromatic rings. The number of nitrogens with one attached hydrogen (secondary N) is 1. The van der Waals surface area contributed by atoms with Gasteiger partial charge in [0.2, 0.25) is 0 Å². The number of benzene rings is 1. The summed E-state index contributed by atoms with van der Waals surface area (Å²) in [7, 11) is 1.66. The van der Waals surface area contributed by atoms with Gasteiger partial charge in [-0.15, -0.1) is 0 Å². The minimum absolute atomic E-state index is 0.0755. The first kappa shape index (κ1) is 17.4. The fraction of sp³-hybridized carbons (Fsp3) is 0.529. The van der Waals surface area contributed by atoms with E-state index < -0.39 is 17.7 Å². The van der Waals surface area contributed by atoms with Crippen LogP contribution in [0.25, 0.3) is 0 Å². The third-order valence-corrected chi connectivity index (χ3v) is 5.15. The maximum absolute atomic E-state index is 14.0. The van der Waals surface area contributed by atoms with Gasteiger partial charge in [-0.05, 0) is 37.5 Å². The number of carboxylic acid groups (broad SMARTS) is 1. The van der Waals surface area contributed by atoms with Gasteiger partial charge in [0.15, 0.2) is 0 Å². The second kappa shape index (κ2) is 6.66. The van der Waals surface area contributed by atoms with E-state index in [1.165, 1.54) is 12.1 Å². The van der Waals surface area contributed by atoms with Crippen molar-refractivity contribution in [1.29, 1.82) is 0 Å². The van der Waals surface area contributed by atoms with E-state index >= 15 is 0 Å². The van der Waals surface area contributed by atoms with Crippen molar-refractivity contribution in [2.75, 3.05) is 7.11 Å². The Morgan fingerprint density at radius 2 is 2.04 bits per heavy atom. The Morgan fingerprint density at radius 3 is 2.52 bits per heavy atom. The lowest BCUT2D eigenvalue weighted by molar-refractivity contribution is -0.120. The molecule has 1 aromatic carbocycles. The number of rotatable bonds is 6. The van der Waals surface area contributed by atoms with Crippen LogP contribution >= 0.6 is 0 Å². The summed E-state index contributed by atoms with van der Waals surface area (Å²) < 4.78 is 19.5. The predicted octanol–water partition coefficient (Wildman–Crippen LogP) is 2.85. The van der Waals surface area contributed by atoms with Crippen LogP contribution in [0.5, 0.6) is 0 Å². The van der Waals surface area contributed by atoms with Gasteiger partial charge in [-0.1, -0.05) is 13.8 Å². The van der Waals surface area contributed by atoms with E-state index in [0.717, 1.165) is 18.9 Å². The van der Waals surface area contributed by atoms with Gasteiger partial charge in [-0.3, -0.25) is 4.79 Å². The van der Waals surface area contributed by atoms with Crippen LogP contribution in [0.1, 0.15) is 53.8 Å². The minimum Gasteiger partial charge on any atom is -0.478 e. The lowest BCUT2D eigenvalue weighted by Gasteiger charge is -2.55. The zero-order valence-electron chi connectivity index (χ0n) is 13.6. The first-order valence-corrected chi connectivity index (χ1v) is 7.76. The Hall–Kier alpha value is -1.95. The number of halogens is 1. The van der Waals surface area contributed by atoms with E-state index in [0.29, 0.717) is 6.42 Å². The number of hydrogen-bond acceptors (Lipinski definition) is 3. The zero-order chi connectivity index (χ0) is 17.2. The van der Waals surface area contributed by atoms with E-state index in [2.05, 4.69) is 19.2 Å². The molecule has 1 amide bonds. The standard InChI is InChI=1S/C17H22FNO4/c1-4-17(5-2)13(9-14(17)23-3)19-15(20)11-7-6-10(16(21)22)8-12(11)18/h6-8,13-14H,4-5,9H2,1-3H3,(H,19,20)(H,21,22). The molecule has 2 rings (SSSR count). The predicted molar refractivity (Wildman–Crippen MR) is 83.0 cm³/mol. The summed E-state index contributed by atoms with van der Waals surface area (Å²) in [6, 6.07) is 3.23. The number of amides is 1. The van der Waals surface area contributed by atoms with Gasteiger partial charge >= 0.3 is 5.97 Å². The van der Waals surface area contributed by atoms with Crippen molar-refractivity contribution in [2.24, 2.45) is 5.41 Å². The lowest BCUT2D eigenvalue weighted by Crippen LogP contribution is -2.64. The molecule has 23 heavy (non-hydrogen) atoms. The van der Waals surface area contributed by atoms with Crippen LogP contribution in [-0.2, 0) is 4.74 Å². The molecular formula is C17H22FNO4. The van der Waals surface area contributed by atoms with Crippen molar-refractivity contribution in [3.8, 4) is 0 Å². The molecule has 1 fully saturated rings. The largest absolute Gasteiger partial charge is 0.478 e. The lowest BCUT2D eigenvalue weighted by atomic mass is 9.58. The molecule has 0 bridgehead atoms. The molecule has 0 aliphatic heterocycles. The molecule has 0 heterocycles. The highest BCUT2D eigenvalue weighted by Crippen LogP contribution is 2.48. The van der Waals surface area contributed by atoms with Gasteiger partial charge in [0.1, 0.15) is 5.82 Å². The number of ether oxygens (including phenoxy) is 1. The van der Waals surface area contributed by atoms with Crippen LogP contribution < -0.4 is 5.32 Å². The highest BCUT2D eigenvalue weighted by Gasteiger charge is 2.53. The van der Waals surface area contributed by atoms with E-state index in [1.807, 2.05) is 0 Å². The van der Waals surface area contributed by atoms with Crippen molar-refractivity contribution in [3.05, 3.63) is 35.1 Å². The molecule has 2 atom stereocenters. The zero-order valence-corrected chi connectivity index (χ0v) is 13.6. The fourth-order valence-electron chi connectivity index (χ4n) is 3.55. The number of methoxy groups -OCH3 is 1. The molecule has 0 aromatic heterocycles. The van der Waals surface area contributed by atoms with E-state index in [9.17, 15) is 14.0 Å². The van der Waals surface area contributed by atoms with Crippen LogP contribution in [0, 0.1) is 11.2 Å². The summed E-state index contributed by atoms with van der Waals surface area (Å²) >= 11 is 0. The first-order valence-electron chi connectivity index (χ1n) is 7.76. The molecular weight excluding hydrogens is 301 g/mol. The van der Waals surface area contributed by atoms with Gasteiger partial charge in [0.25, 0.3) is 5.91 Å². The Bertz CT molecular complexity index is 613. The van der Waals surface area contributed by atoms with Crippen LogP contribution in [0.2, 0.25) is 0 Å². The molecule has 0 spiro atoms. The highest BCUT2D eigenvalue weighted by molar-refractivity contribution is 5.96. The smallest absolute Gasteiger partial charge is 0.335 e. The second-order valence-electron chi connectivity index (χ2n) is 5.93. The van der Waals surface area contributed by atoms with Crippen LogP contribution in [-0.4, -0.2) is 36.2 Å². The number of carbonyl (C=O) groups excluding carboxylic acids is 1. The Labute approximate surface area is 134 Å². The van der Waals surface area contributed by atoms with Gasteiger partial charge in [-0.2, -0.15) is 0 Å². The minimum atomic E-state index is -1.23. The van der Waals surface area contributed by atoms with E-state index in [-0.39, 0.29) is 28.7 Å². The third kappa shape index (κ3) is 2.95. The van der Waals surface area contributed by atoms with Crippen LogP contribution in [0.3, 0.4) is 0 Å². The molecule has 0 radical (unpaired) electrons. The third-order valence-electron chi connectivity index (χ3n) is 5.15. The summed E-state index contributed by atoms with van der Waals surface area (Å²) in [6.07, 6.45) is 2.49. The van der Waals surface area contributed by atoms with Crippen molar-refractivity contribution in [3.63, 3.8) is 0 Å². The maximum Gasteiger partial charge on any atom is 0.335 e. The van der Waals surface area contributed by atoms with Crippen molar-refractivity contribution in [2.45, 2.75) is 45.3 Å². The molecule has 1 aliphatic rings. The average Bonchev–Trinajstić information content (AvgIpc) is 2.51. The first-order chi connectivity index (χ1) is 10.9. The number of carboxylic acids is 1. The van der Waals surface area contributed by atoms with Crippen molar-refractivity contribution in [1.82, 2.24) is 5.32 Å². The number of aromatic carboxylic acids is 1. The molecule has 1 aliphatic carbocycles. The summed E-state index contributed by atoms with van der Waals surface area (Å²) in [4.78, 5) is 23.1. The molecule has 2 unspecified atom stereocenters. The summed E-state index contributed by atoms with van der Waals surface area (Å²) in [5.74, 6) is -2.58. The Morgan fingerprint density at radius 1 is 1.39 bits per heavy atom. The average molecular weight is 323 g/mol. The summed E-state index contributed by atoms with van der Waals surface area (Å²) in [5.41, 5.74) is -0.461. The molecule has 2 N–H and O–H groups in total. The summed E-state index contributed by atoms with van der Waals surface area (Å²) in [5, 5.41) is 11.7. The normalized spacial score (nSPS) is 22.3. The van der Waals surface area contributed by atoms with Gasteiger partial charge in [-0.25, -0.2) is 9.18 Å². The Balaban J connectivity index is 2.15. The van der Waals surface area contributed by atoms with Gasteiger partial charge < -0.3 is 15.2 Å². The van der Waals surface area contributed by atoms with E-state index in [1.54, 1.807) is 7.11 Å². The van der Waals surface area contributed by atoms with Crippen LogP contribution in [0.4, 0.5) is 4.39 Å².